The van der Waals surface area contributed by atoms with E-state index in [0.29, 0.717) is 0 Å². The molecule has 0 bridgehead atoms. The fourth-order valence-electron chi connectivity index (χ4n) is 3.66. The number of rotatable bonds is 3. The standard InChI is InChI=1S/C20H19N5S/c1-3-24-9-10-25-19(14-7-8-15-17(11-14)26-12-21-15)18(23-20(24)25)16-6-4-5-13(2)22-16/h4-8,11-12H,3,9-10H2,1-2H3. The van der Waals surface area contributed by atoms with Gasteiger partial charge in [0.25, 0.3) is 0 Å². The van der Waals surface area contributed by atoms with E-state index < -0.39 is 0 Å². The van der Waals surface area contributed by atoms with Gasteiger partial charge in [0.05, 0.1) is 27.1 Å². The Balaban J connectivity index is 1.77. The number of benzene rings is 1. The van der Waals surface area contributed by atoms with E-state index in [-0.39, 0.29) is 0 Å². The number of fused-ring (bicyclic) bond motifs is 2. The van der Waals surface area contributed by atoms with Crippen molar-refractivity contribution in [3.8, 4) is 22.6 Å². The van der Waals surface area contributed by atoms with Crippen LogP contribution in [0, 0.1) is 6.92 Å². The van der Waals surface area contributed by atoms with Crippen LogP contribution in [-0.4, -0.2) is 32.6 Å². The first kappa shape index (κ1) is 15.5. The molecule has 0 atom stereocenters. The Morgan fingerprint density at radius 3 is 2.88 bits per heavy atom. The van der Waals surface area contributed by atoms with Crippen molar-refractivity contribution in [2.75, 3.05) is 18.0 Å². The van der Waals surface area contributed by atoms with Crippen LogP contribution in [-0.2, 0) is 6.54 Å². The highest BCUT2D eigenvalue weighted by Crippen LogP contribution is 2.38. The highest BCUT2D eigenvalue weighted by atomic mass is 32.1. The van der Waals surface area contributed by atoms with Gasteiger partial charge in [0.15, 0.2) is 0 Å². The molecular formula is C20H19N5S. The van der Waals surface area contributed by atoms with Gasteiger partial charge >= 0.3 is 0 Å². The van der Waals surface area contributed by atoms with Crippen LogP contribution in [0.4, 0.5) is 5.95 Å². The molecule has 0 saturated heterocycles. The predicted molar refractivity (Wildman–Crippen MR) is 107 cm³/mol. The van der Waals surface area contributed by atoms with E-state index in [1.54, 1.807) is 11.3 Å². The zero-order valence-electron chi connectivity index (χ0n) is 14.8. The molecule has 0 unspecified atom stereocenters. The average molecular weight is 361 g/mol. The number of hydrogen-bond donors (Lipinski definition) is 0. The SMILES string of the molecule is CCN1CCn2c1nc(-c1cccc(C)n1)c2-c1ccc2ncsc2c1. The van der Waals surface area contributed by atoms with Gasteiger partial charge in [-0.25, -0.2) is 9.97 Å². The van der Waals surface area contributed by atoms with Crippen molar-refractivity contribution in [3.05, 3.63) is 47.6 Å². The van der Waals surface area contributed by atoms with Crippen molar-refractivity contribution in [2.24, 2.45) is 0 Å². The number of hydrogen-bond acceptors (Lipinski definition) is 5. The van der Waals surface area contributed by atoms with Crippen molar-refractivity contribution in [1.29, 1.82) is 0 Å². The molecule has 4 aromatic rings. The molecule has 6 heteroatoms. The second-order valence-electron chi connectivity index (χ2n) is 6.54. The average Bonchev–Trinajstić information content (AvgIpc) is 3.35. The Labute approximate surface area is 156 Å². The second-order valence-corrected chi connectivity index (χ2v) is 7.43. The lowest BCUT2D eigenvalue weighted by Gasteiger charge is -2.11. The van der Waals surface area contributed by atoms with E-state index in [4.69, 9.17) is 9.97 Å². The third-order valence-electron chi connectivity index (χ3n) is 4.94. The number of imidazole rings is 1. The first-order valence-corrected chi connectivity index (χ1v) is 9.75. The zero-order chi connectivity index (χ0) is 17.7. The summed E-state index contributed by atoms with van der Waals surface area (Å²) < 4.78 is 3.54. The second kappa shape index (κ2) is 5.92. The molecule has 0 radical (unpaired) electrons. The fraction of sp³-hybridized carbons (Fsp3) is 0.250. The lowest BCUT2D eigenvalue weighted by molar-refractivity contribution is 0.785. The summed E-state index contributed by atoms with van der Waals surface area (Å²) >= 11 is 1.67. The normalized spacial score (nSPS) is 13.5. The number of anilines is 1. The molecule has 0 N–H and O–H groups in total. The Kier molecular flexibility index (Phi) is 3.53. The van der Waals surface area contributed by atoms with Crippen molar-refractivity contribution in [2.45, 2.75) is 20.4 Å². The quantitative estimate of drug-likeness (QED) is 0.544. The maximum Gasteiger partial charge on any atom is 0.206 e. The maximum absolute atomic E-state index is 5.01. The molecule has 1 aliphatic heterocycles. The molecule has 5 rings (SSSR count). The van der Waals surface area contributed by atoms with Crippen LogP contribution < -0.4 is 4.90 Å². The van der Waals surface area contributed by atoms with E-state index in [2.05, 4.69) is 51.7 Å². The van der Waals surface area contributed by atoms with Crippen LogP contribution in [0.15, 0.2) is 41.9 Å². The molecule has 0 saturated carbocycles. The van der Waals surface area contributed by atoms with Crippen molar-refractivity contribution in [1.82, 2.24) is 19.5 Å². The van der Waals surface area contributed by atoms with Crippen LogP contribution >= 0.6 is 11.3 Å². The van der Waals surface area contributed by atoms with Crippen LogP contribution in [0.3, 0.4) is 0 Å². The maximum atomic E-state index is 5.01. The molecule has 0 amide bonds. The van der Waals surface area contributed by atoms with Gasteiger partial charge in [0.1, 0.15) is 5.69 Å². The molecule has 4 heterocycles. The summed E-state index contributed by atoms with van der Waals surface area (Å²) in [5, 5.41) is 0. The summed E-state index contributed by atoms with van der Waals surface area (Å²) in [6, 6.07) is 12.6. The largest absolute Gasteiger partial charge is 0.341 e. The molecule has 3 aromatic heterocycles. The van der Waals surface area contributed by atoms with E-state index in [1.165, 1.54) is 10.3 Å². The Hall–Kier alpha value is -2.73. The minimum atomic E-state index is 0.933. The first-order chi connectivity index (χ1) is 12.7. The van der Waals surface area contributed by atoms with Gasteiger partial charge in [0, 0.05) is 30.9 Å². The van der Waals surface area contributed by atoms with Crippen molar-refractivity contribution in [3.63, 3.8) is 0 Å². The number of nitrogens with zero attached hydrogens (tertiary/aromatic N) is 5. The molecule has 1 aliphatic rings. The monoisotopic (exact) mass is 361 g/mol. The minimum Gasteiger partial charge on any atom is -0.341 e. The number of aryl methyl sites for hydroxylation is 1. The molecule has 0 aliphatic carbocycles. The van der Waals surface area contributed by atoms with Gasteiger partial charge in [-0.3, -0.25) is 4.98 Å². The summed E-state index contributed by atoms with van der Waals surface area (Å²) in [4.78, 5) is 16.5. The van der Waals surface area contributed by atoms with Gasteiger partial charge in [-0.1, -0.05) is 12.1 Å². The topological polar surface area (TPSA) is 46.8 Å². The highest BCUT2D eigenvalue weighted by molar-refractivity contribution is 7.16. The predicted octanol–water partition coefficient (Wildman–Crippen LogP) is 4.37. The summed E-state index contributed by atoms with van der Waals surface area (Å²) in [5.74, 6) is 1.05. The van der Waals surface area contributed by atoms with Crippen LogP contribution in [0.2, 0.25) is 0 Å². The minimum absolute atomic E-state index is 0.933. The lowest BCUT2D eigenvalue weighted by atomic mass is 10.1. The Morgan fingerprint density at radius 1 is 1.12 bits per heavy atom. The third kappa shape index (κ3) is 2.33. The Morgan fingerprint density at radius 2 is 2.04 bits per heavy atom. The van der Waals surface area contributed by atoms with E-state index in [9.17, 15) is 0 Å². The smallest absolute Gasteiger partial charge is 0.206 e. The van der Waals surface area contributed by atoms with E-state index >= 15 is 0 Å². The zero-order valence-corrected chi connectivity index (χ0v) is 15.6. The highest BCUT2D eigenvalue weighted by Gasteiger charge is 2.28. The van der Waals surface area contributed by atoms with Crippen LogP contribution in [0.25, 0.3) is 32.9 Å². The van der Waals surface area contributed by atoms with Crippen molar-refractivity contribution >= 4 is 27.5 Å². The van der Waals surface area contributed by atoms with Gasteiger partial charge in [-0.2, -0.15) is 0 Å². The van der Waals surface area contributed by atoms with Gasteiger partial charge < -0.3 is 9.47 Å². The molecule has 26 heavy (non-hydrogen) atoms. The summed E-state index contributed by atoms with van der Waals surface area (Å²) in [6.45, 7) is 7.13. The number of thiazole rings is 1. The lowest BCUT2D eigenvalue weighted by Crippen LogP contribution is -2.20. The van der Waals surface area contributed by atoms with Gasteiger partial charge in [-0.15, -0.1) is 11.3 Å². The van der Waals surface area contributed by atoms with E-state index in [1.807, 2.05) is 18.5 Å². The number of likely N-dealkylation sites (N-methyl/N-ethyl adjacent to an activating group) is 1. The molecule has 0 spiro atoms. The van der Waals surface area contributed by atoms with Gasteiger partial charge in [0.2, 0.25) is 5.95 Å². The number of pyridine rings is 1. The Bertz CT molecular complexity index is 1110. The molecule has 0 fully saturated rings. The summed E-state index contributed by atoms with van der Waals surface area (Å²) in [6.07, 6.45) is 0. The molecule has 1 aromatic carbocycles. The van der Waals surface area contributed by atoms with Crippen LogP contribution in [0.1, 0.15) is 12.6 Å². The molecule has 5 nitrogen and oxygen atoms in total. The number of aromatic nitrogens is 4. The summed E-state index contributed by atoms with van der Waals surface area (Å²) in [7, 11) is 0. The molecule has 130 valence electrons. The van der Waals surface area contributed by atoms with E-state index in [0.717, 1.165) is 53.9 Å². The third-order valence-corrected chi connectivity index (χ3v) is 5.73. The van der Waals surface area contributed by atoms with Gasteiger partial charge in [-0.05, 0) is 38.1 Å². The molecular weight excluding hydrogens is 342 g/mol. The van der Waals surface area contributed by atoms with Crippen LogP contribution in [0.5, 0.6) is 0 Å². The van der Waals surface area contributed by atoms with Crippen molar-refractivity contribution < 1.29 is 0 Å². The first-order valence-electron chi connectivity index (χ1n) is 8.87. The fourth-order valence-corrected chi connectivity index (χ4v) is 4.38. The summed E-state index contributed by atoms with van der Waals surface area (Å²) in [5.41, 5.74) is 8.18.